The van der Waals surface area contributed by atoms with Crippen LogP contribution in [0.3, 0.4) is 0 Å². The lowest BCUT2D eigenvalue weighted by atomic mass is 10.1. The highest BCUT2D eigenvalue weighted by Crippen LogP contribution is 2.32. The molecule has 1 aromatic carbocycles. The first-order chi connectivity index (χ1) is 16.7. The Hall–Kier alpha value is -4.08. The second-order valence-corrected chi connectivity index (χ2v) is 8.07. The molecule has 1 amide bonds. The van der Waals surface area contributed by atoms with Gasteiger partial charge >= 0.3 is 0 Å². The Labute approximate surface area is 208 Å². The van der Waals surface area contributed by atoms with E-state index < -0.39 is 17.4 Å². The molecule has 0 saturated carbocycles. The Bertz CT molecular complexity index is 1340. The molecule has 2 heterocycles. The molecular weight excluding hydrogens is 522 g/mol. The van der Waals surface area contributed by atoms with E-state index in [9.17, 15) is 20.2 Å². The number of benzene rings is 1. The van der Waals surface area contributed by atoms with Crippen LogP contribution in [0.2, 0.25) is 0 Å². The minimum Gasteiger partial charge on any atom is -0.467 e. The Balaban J connectivity index is 1.65. The predicted octanol–water partition coefficient (Wildman–Crippen LogP) is 4.18. The lowest BCUT2D eigenvalue weighted by molar-refractivity contribution is -0.384. The van der Waals surface area contributed by atoms with Gasteiger partial charge in [0.2, 0.25) is 5.88 Å². The zero-order valence-electron chi connectivity index (χ0n) is 19.0. The molecule has 2 aromatic heterocycles. The van der Waals surface area contributed by atoms with E-state index in [1.165, 1.54) is 19.4 Å². The zero-order chi connectivity index (χ0) is 25.5. The van der Waals surface area contributed by atoms with Crippen molar-refractivity contribution in [3.63, 3.8) is 0 Å². The van der Waals surface area contributed by atoms with E-state index in [0.29, 0.717) is 27.1 Å². The third-order valence-corrected chi connectivity index (χ3v) is 5.78. The van der Waals surface area contributed by atoms with E-state index in [1.54, 1.807) is 38.1 Å². The number of ether oxygens (including phenoxy) is 2. The number of nitrogens with zero attached hydrogens (tertiary/aromatic N) is 4. The first-order valence-electron chi connectivity index (χ1n) is 10.1. The normalized spacial score (nSPS) is 10.8. The van der Waals surface area contributed by atoms with Gasteiger partial charge in [-0.15, -0.1) is 0 Å². The number of hydrazone groups is 1. The maximum atomic E-state index is 12.1. The first-order valence-corrected chi connectivity index (χ1v) is 10.9. The van der Waals surface area contributed by atoms with Gasteiger partial charge in [0.05, 0.1) is 29.0 Å². The van der Waals surface area contributed by atoms with Crippen molar-refractivity contribution in [2.24, 2.45) is 5.10 Å². The van der Waals surface area contributed by atoms with E-state index >= 15 is 0 Å². The number of aryl methyl sites for hydroxylation is 2. The monoisotopic (exact) mass is 541 g/mol. The predicted molar refractivity (Wildman–Crippen MR) is 129 cm³/mol. The van der Waals surface area contributed by atoms with Crippen LogP contribution in [0.25, 0.3) is 11.3 Å². The average Bonchev–Trinajstić information content (AvgIpc) is 3.29. The summed E-state index contributed by atoms with van der Waals surface area (Å²) >= 11 is 3.38. The molecule has 0 saturated heterocycles. The fourth-order valence-electron chi connectivity index (χ4n) is 3.12. The van der Waals surface area contributed by atoms with E-state index in [-0.39, 0.29) is 29.5 Å². The van der Waals surface area contributed by atoms with Gasteiger partial charge < -0.3 is 13.9 Å². The fraction of sp³-hybridized carbons (Fsp3) is 0.217. The molecule has 0 bridgehead atoms. The molecule has 3 aromatic rings. The van der Waals surface area contributed by atoms with Gasteiger partial charge in [0.25, 0.3) is 11.6 Å². The number of nitro groups is 1. The number of carbonyl (C=O) groups excluding carboxylic acids is 1. The Morgan fingerprint density at radius 1 is 1.37 bits per heavy atom. The molecule has 0 aliphatic heterocycles. The number of pyridine rings is 1. The minimum atomic E-state index is -0.596. The molecule has 11 nitrogen and oxygen atoms in total. The van der Waals surface area contributed by atoms with Crippen molar-refractivity contribution >= 4 is 33.7 Å². The fourth-order valence-corrected chi connectivity index (χ4v) is 3.52. The lowest BCUT2D eigenvalue weighted by Gasteiger charge is -2.13. The number of rotatable bonds is 9. The van der Waals surface area contributed by atoms with Gasteiger partial charge in [-0.25, -0.2) is 10.4 Å². The molecule has 0 unspecified atom stereocenters. The summed E-state index contributed by atoms with van der Waals surface area (Å²) in [5, 5.41) is 24.6. The Morgan fingerprint density at radius 2 is 2.14 bits per heavy atom. The summed E-state index contributed by atoms with van der Waals surface area (Å²) in [7, 11) is 1.50. The maximum absolute atomic E-state index is 12.1. The number of halogens is 1. The van der Waals surface area contributed by atoms with Crippen molar-refractivity contribution in [3.8, 4) is 23.3 Å². The number of amides is 1. The second-order valence-electron chi connectivity index (χ2n) is 7.28. The van der Waals surface area contributed by atoms with Crippen LogP contribution >= 0.6 is 15.9 Å². The summed E-state index contributed by atoms with van der Waals surface area (Å²) < 4.78 is 16.8. The number of methoxy groups -OCH3 is 1. The molecule has 0 aliphatic carbocycles. The third-order valence-electron chi connectivity index (χ3n) is 4.73. The van der Waals surface area contributed by atoms with E-state index in [0.717, 1.165) is 5.56 Å². The number of aromatic nitrogens is 1. The first kappa shape index (κ1) is 25.5. The van der Waals surface area contributed by atoms with Crippen LogP contribution in [-0.2, 0) is 16.1 Å². The van der Waals surface area contributed by atoms with Gasteiger partial charge in [-0.3, -0.25) is 14.9 Å². The molecule has 0 aliphatic rings. The highest BCUT2D eigenvalue weighted by molar-refractivity contribution is 9.10. The summed E-state index contributed by atoms with van der Waals surface area (Å²) in [5.74, 6) is -0.0193. The van der Waals surface area contributed by atoms with Crippen molar-refractivity contribution in [1.82, 2.24) is 10.4 Å². The van der Waals surface area contributed by atoms with Crippen LogP contribution in [0.5, 0.6) is 5.88 Å². The molecule has 0 fully saturated rings. The number of hydrogen-bond donors (Lipinski definition) is 1. The Morgan fingerprint density at radius 3 is 2.83 bits per heavy atom. The molecular formula is C23H20BrN5O6. The van der Waals surface area contributed by atoms with Crippen LogP contribution in [0.15, 0.2) is 44.3 Å². The summed E-state index contributed by atoms with van der Waals surface area (Å²) in [4.78, 5) is 27.2. The summed E-state index contributed by atoms with van der Waals surface area (Å²) in [6, 6.07) is 9.98. The number of nitriles is 1. The summed E-state index contributed by atoms with van der Waals surface area (Å²) in [6.45, 7) is 3.21. The van der Waals surface area contributed by atoms with Crippen LogP contribution in [0, 0.1) is 35.3 Å². The smallest absolute Gasteiger partial charge is 0.280 e. The van der Waals surface area contributed by atoms with Gasteiger partial charge in [-0.1, -0.05) is 6.07 Å². The van der Waals surface area contributed by atoms with E-state index in [4.69, 9.17) is 13.9 Å². The van der Waals surface area contributed by atoms with Crippen molar-refractivity contribution in [3.05, 3.63) is 73.1 Å². The number of nitro benzene ring substituents is 1. The van der Waals surface area contributed by atoms with E-state index in [2.05, 4.69) is 31.4 Å². The largest absolute Gasteiger partial charge is 0.467 e. The van der Waals surface area contributed by atoms with Gasteiger partial charge in [0.15, 0.2) is 6.61 Å². The number of nitrogens with one attached hydrogen (secondary N) is 1. The van der Waals surface area contributed by atoms with Crippen molar-refractivity contribution < 1.29 is 23.6 Å². The zero-order valence-corrected chi connectivity index (χ0v) is 20.6. The number of carbonyl (C=O) groups is 1. The van der Waals surface area contributed by atoms with Crippen molar-refractivity contribution in [1.29, 1.82) is 5.26 Å². The van der Waals surface area contributed by atoms with Gasteiger partial charge in [-0.05, 0) is 53.5 Å². The topological polar surface area (TPSA) is 153 Å². The molecule has 3 rings (SSSR count). The standard InChI is InChI=1S/C23H20BrN5O6/c1-13-4-6-16(19(8-13)29(31)32)20-7-5-15(35-20)10-26-28-21(30)12-34-23-17(9-25)18(11-33-3)22(24)14(2)27-23/h4-8,10H,11-12H2,1-3H3,(H,28,30)/b26-10-. The molecule has 12 heteroatoms. The third kappa shape index (κ3) is 6.08. The van der Waals surface area contributed by atoms with Crippen LogP contribution < -0.4 is 10.2 Å². The molecule has 0 spiro atoms. The highest BCUT2D eigenvalue weighted by atomic mass is 79.9. The highest BCUT2D eigenvalue weighted by Gasteiger charge is 2.19. The molecule has 1 N–H and O–H groups in total. The quantitative estimate of drug-likeness (QED) is 0.240. The minimum absolute atomic E-state index is 0.00903. The summed E-state index contributed by atoms with van der Waals surface area (Å²) in [6.07, 6.45) is 1.25. The number of hydrogen-bond acceptors (Lipinski definition) is 9. The van der Waals surface area contributed by atoms with Crippen LogP contribution in [-0.4, -0.2) is 35.7 Å². The van der Waals surface area contributed by atoms with Crippen molar-refractivity contribution in [2.75, 3.05) is 13.7 Å². The summed E-state index contributed by atoms with van der Waals surface area (Å²) in [5.41, 5.74) is 4.60. The number of furan rings is 1. The molecule has 180 valence electrons. The molecule has 0 atom stereocenters. The SMILES string of the molecule is COCc1c(Br)c(C)nc(OCC(=O)N/N=C\c2ccc(-c3ccc(C)cc3[N+](=O)[O-])o2)c1C#N. The van der Waals surface area contributed by atoms with E-state index in [1.807, 2.05) is 6.07 Å². The Kier molecular flexibility index (Phi) is 8.30. The van der Waals surface area contributed by atoms with Crippen LogP contribution in [0.1, 0.15) is 28.1 Å². The maximum Gasteiger partial charge on any atom is 0.280 e. The second kappa shape index (κ2) is 11.4. The molecule has 0 radical (unpaired) electrons. The van der Waals surface area contributed by atoms with Gasteiger partial charge in [0.1, 0.15) is 23.2 Å². The van der Waals surface area contributed by atoms with Crippen molar-refractivity contribution in [2.45, 2.75) is 20.5 Å². The van der Waals surface area contributed by atoms with Gasteiger partial charge in [-0.2, -0.15) is 10.4 Å². The van der Waals surface area contributed by atoms with Crippen LogP contribution in [0.4, 0.5) is 5.69 Å². The lowest BCUT2D eigenvalue weighted by Crippen LogP contribution is -2.25. The van der Waals surface area contributed by atoms with Gasteiger partial charge in [0, 0.05) is 23.2 Å². The molecule has 35 heavy (non-hydrogen) atoms. The average molecular weight is 542 g/mol.